The molecular weight excluding hydrogens is 403 g/mol. The second kappa shape index (κ2) is 8.67. The van der Waals surface area contributed by atoms with E-state index >= 15 is 0 Å². The van der Waals surface area contributed by atoms with Crippen LogP contribution in [0.3, 0.4) is 0 Å². The first-order valence-electron chi connectivity index (χ1n) is 9.63. The fraction of sp³-hybridized carbons (Fsp3) is 0.217. The molecule has 2 heterocycles. The summed E-state index contributed by atoms with van der Waals surface area (Å²) in [6.45, 7) is 2.40. The number of benzene rings is 2. The van der Waals surface area contributed by atoms with E-state index < -0.39 is 6.10 Å². The zero-order valence-corrected chi connectivity index (χ0v) is 17.2. The van der Waals surface area contributed by atoms with Crippen molar-refractivity contribution in [2.24, 2.45) is 0 Å². The molecule has 0 aliphatic carbocycles. The Balaban J connectivity index is 1.52. The van der Waals surface area contributed by atoms with Crippen molar-refractivity contribution in [1.29, 1.82) is 0 Å². The molecule has 0 bridgehead atoms. The van der Waals surface area contributed by atoms with Crippen molar-refractivity contribution in [2.75, 3.05) is 5.32 Å². The predicted molar refractivity (Wildman–Crippen MR) is 114 cm³/mol. The predicted octanol–water partition coefficient (Wildman–Crippen LogP) is 4.38. The first-order valence-corrected chi connectivity index (χ1v) is 10.5. The fourth-order valence-corrected chi connectivity index (χ4v) is 4.10. The van der Waals surface area contributed by atoms with E-state index in [1.165, 1.54) is 12.1 Å². The third-order valence-electron chi connectivity index (χ3n) is 4.87. The number of ether oxygens (including phenoxy) is 1. The number of carbonyl (C=O) groups is 2. The molecule has 1 aliphatic heterocycles. The molecule has 0 radical (unpaired) electrons. The summed E-state index contributed by atoms with van der Waals surface area (Å²) in [5.74, 6) is 0.0676. The van der Waals surface area contributed by atoms with Crippen molar-refractivity contribution in [2.45, 2.75) is 32.5 Å². The molecule has 0 spiro atoms. The molecule has 7 heteroatoms. The largest absolute Gasteiger partial charge is 0.481 e. The third-order valence-corrected chi connectivity index (χ3v) is 5.75. The number of halogens is 1. The fourth-order valence-electron chi connectivity index (χ4n) is 3.40. The Morgan fingerprint density at radius 1 is 1.23 bits per heavy atom. The highest BCUT2D eigenvalue weighted by molar-refractivity contribution is 7.10. The molecule has 1 atom stereocenters. The van der Waals surface area contributed by atoms with Gasteiger partial charge in [0.1, 0.15) is 11.6 Å². The minimum absolute atomic E-state index is 0.0976. The van der Waals surface area contributed by atoms with Gasteiger partial charge in [-0.1, -0.05) is 18.2 Å². The normalized spacial score (nSPS) is 15.9. The van der Waals surface area contributed by atoms with E-state index in [1.54, 1.807) is 47.4 Å². The molecule has 1 aromatic heterocycles. The van der Waals surface area contributed by atoms with Gasteiger partial charge in [-0.15, -0.1) is 11.3 Å². The summed E-state index contributed by atoms with van der Waals surface area (Å²) in [6.07, 6.45) is -0.316. The maximum Gasteiger partial charge on any atom is 0.263 e. The van der Waals surface area contributed by atoms with Crippen LogP contribution in [0.4, 0.5) is 10.1 Å². The van der Waals surface area contributed by atoms with Crippen molar-refractivity contribution >= 4 is 28.8 Å². The first-order chi connectivity index (χ1) is 14.5. The molecule has 4 rings (SSSR count). The van der Waals surface area contributed by atoms with E-state index in [-0.39, 0.29) is 17.6 Å². The van der Waals surface area contributed by atoms with E-state index in [1.807, 2.05) is 23.6 Å². The number of nitrogens with zero attached hydrogens (tertiary/aromatic N) is 1. The summed E-state index contributed by atoms with van der Waals surface area (Å²) in [4.78, 5) is 27.8. The molecule has 0 saturated carbocycles. The summed E-state index contributed by atoms with van der Waals surface area (Å²) >= 11 is 1.54. The molecule has 154 valence electrons. The lowest BCUT2D eigenvalue weighted by molar-refractivity contribution is -0.138. The molecule has 3 aromatic rings. The van der Waals surface area contributed by atoms with Crippen LogP contribution in [0.5, 0.6) is 5.75 Å². The number of amides is 2. The summed E-state index contributed by atoms with van der Waals surface area (Å²) in [5.41, 5.74) is 2.30. The Morgan fingerprint density at radius 3 is 2.77 bits per heavy atom. The molecular formula is C23H21FN2O3S. The van der Waals surface area contributed by atoms with Gasteiger partial charge in [0.15, 0.2) is 6.10 Å². The lowest BCUT2D eigenvalue weighted by Crippen LogP contribution is -2.37. The van der Waals surface area contributed by atoms with Crippen molar-refractivity contribution in [3.8, 4) is 5.75 Å². The van der Waals surface area contributed by atoms with Gasteiger partial charge in [-0.25, -0.2) is 4.39 Å². The van der Waals surface area contributed by atoms with Crippen molar-refractivity contribution in [1.82, 2.24) is 4.90 Å². The number of thiophene rings is 1. The highest BCUT2D eigenvalue weighted by atomic mass is 32.1. The third kappa shape index (κ3) is 4.68. The monoisotopic (exact) mass is 424 g/mol. The van der Waals surface area contributed by atoms with Gasteiger partial charge in [0.05, 0.1) is 6.42 Å². The van der Waals surface area contributed by atoms with Gasteiger partial charge in [0, 0.05) is 29.2 Å². The molecule has 1 aliphatic rings. The molecule has 2 aromatic carbocycles. The maximum atomic E-state index is 13.2. The quantitative estimate of drug-likeness (QED) is 0.661. The maximum absolute atomic E-state index is 13.2. The average Bonchev–Trinajstić information content (AvgIpc) is 3.19. The van der Waals surface area contributed by atoms with Crippen LogP contribution in [0.25, 0.3) is 0 Å². The van der Waals surface area contributed by atoms with Crippen LogP contribution in [0.1, 0.15) is 22.9 Å². The van der Waals surface area contributed by atoms with Crippen LogP contribution in [0.15, 0.2) is 60.0 Å². The van der Waals surface area contributed by atoms with E-state index in [0.717, 1.165) is 16.0 Å². The average molecular weight is 424 g/mol. The molecule has 0 saturated heterocycles. The smallest absolute Gasteiger partial charge is 0.263 e. The number of rotatable bonds is 5. The molecule has 0 unspecified atom stereocenters. The lowest BCUT2D eigenvalue weighted by atomic mass is 10.1. The molecule has 1 N–H and O–H groups in total. The van der Waals surface area contributed by atoms with Crippen LogP contribution in [-0.2, 0) is 29.1 Å². The van der Waals surface area contributed by atoms with Crippen molar-refractivity contribution in [3.63, 3.8) is 0 Å². The van der Waals surface area contributed by atoms with E-state index in [2.05, 4.69) is 5.32 Å². The van der Waals surface area contributed by atoms with Crippen molar-refractivity contribution < 1.29 is 18.7 Å². The number of nitrogens with one attached hydrogen (secondary N) is 1. The second-order valence-corrected chi connectivity index (χ2v) is 8.24. The Bertz CT molecular complexity index is 1050. The first kappa shape index (κ1) is 20.1. The number of fused-ring (bicyclic) bond motifs is 1. The Kier molecular flexibility index (Phi) is 5.81. The van der Waals surface area contributed by atoms with E-state index in [9.17, 15) is 14.0 Å². The van der Waals surface area contributed by atoms with Gasteiger partial charge in [0.25, 0.3) is 5.91 Å². The summed E-state index contributed by atoms with van der Waals surface area (Å²) < 4.78 is 19.0. The Morgan fingerprint density at radius 2 is 2.03 bits per heavy atom. The van der Waals surface area contributed by atoms with Crippen LogP contribution < -0.4 is 10.1 Å². The second-order valence-electron chi connectivity index (χ2n) is 7.21. The SMILES string of the molecule is C[C@@H]1Oc2ccc(NC(=O)Cc3cccs3)cc2CN(Cc2ccc(F)cc2)C1=O. The summed E-state index contributed by atoms with van der Waals surface area (Å²) in [5, 5.41) is 4.85. The number of carbonyl (C=O) groups excluding carboxylic acids is 2. The minimum atomic E-state index is -0.633. The van der Waals surface area contributed by atoms with Gasteiger partial charge in [-0.2, -0.15) is 0 Å². The van der Waals surface area contributed by atoms with Crippen LogP contribution >= 0.6 is 11.3 Å². The highest BCUT2D eigenvalue weighted by Gasteiger charge is 2.28. The zero-order valence-electron chi connectivity index (χ0n) is 16.4. The molecule has 2 amide bonds. The van der Waals surface area contributed by atoms with Gasteiger partial charge in [0.2, 0.25) is 5.91 Å². The molecule has 30 heavy (non-hydrogen) atoms. The number of anilines is 1. The number of hydrogen-bond donors (Lipinski definition) is 1. The zero-order chi connectivity index (χ0) is 21.1. The summed E-state index contributed by atoms with van der Waals surface area (Å²) in [6, 6.07) is 15.3. The van der Waals surface area contributed by atoms with Gasteiger partial charge in [-0.3, -0.25) is 9.59 Å². The van der Waals surface area contributed by atoms with E-state index in [4.69, 9.17) is 4.74 Å². The van der Waals surface area contributed by atoms with Crippen molar-refractivity contribution in [3.05, 3.63) is 81.8 Å². The van der Waals surface area contributed by atoms with Gasteiger partial charge < -0.3 is 15.0 Å². The van der Waals surface area contributed by atoms with Crippen LogP contribution in [-0.4, -0.2) is 22.8 Å². The topological polar surface area (TPSA) is 58.6 Å². The van der Waals surface area contributed by atoms with E-state index in [0.29, 0.717) is 30.9 Å². The lowest BCUT2D eigenvalue weighted by Gasteiger charge is -2.22. The van der Waals surface area contributed by atoms with Gasteiger partial charge in [-0.05, 0) is 54.3 Å². The van der Waals surface area contributed by atoms with Crippen LogP contribution in [0, 0.1) is 5.82 Å². The van der Waals surface area contributed by atoms with Gasteiger partial charge >= 0.3 is 0 Å². The van der Waals surface area contributed by atoms with Crippen LogP contribution in [0.2, 0.25) is 0 Å². The Labute approximate surface area is 178 Å². The highest BCUT2D eigenvalue weighted by Crippen LogP contribution is 2.29. The minimum Gasteiger partial charge on any atom is -0.481 e. The molecule has 5 nitrogen and oxygen atoms in total. The Hall–Kier alpha value is -3.19. The summed E-state index contributed by atoms with van der Waals surface area (Å²) in [7, 11) is 0. The number of hydrogen-bond acceptors (Lipinski definition) is 4. The molecule has 0 fully saturated rings. The standard InChI is InChI=1S/C23H21FN2O3S/c1-15-23(28)26(13-16-4-6-18(24)7-5-16)14-17-11-19(8-9-21(17)29-15)25-22(27)12-20-3-2-10-30-20/h2-11,15H,12-14H2,1H3,(H,25,27)/t15-/m0/s1.